The Hall–Kier alpha value is -2.08. The normalized spacial score (nSPS) is 17.1. The maximum absolute atomic E-state index is 12.1. The number of carbonyl (C=O) groups is 2. The number of anilines is 1. The Morgan fingerprint density at radius 3 is 2.77 bits per heavy atom. The molecule has 0 aliphatic carbocycles. The second-order valence-corrected chi connectivity index (χ2v) is 5.66. The highest BCUT2D eigenvalue weighted by atomic mass is 16.5. The number of hydrogen-bond donors (Lipinski definition) is 2. The third-order valence-electron chi connectivity index (χ3n) is 3.72. The van der Waals surface area contributed by atoms with Crippen molar-refractivity contribution in [1.82, 2.24) is 10.2 Å². The van der Waals surface area contributed by atoms with Gasteiger partial charge < -0.3 is 20.3 Å². The van der Waals surface area contributed by atoms with E-state index in [1.54, 1.807) is 32.3 Å². The first kappa shape index (κ1) is 16.3. The Kier molecular flexibility index (Phi) is 5.38. The molecule has 0 saturated carbocycles. The molecule has 2 rings (SSSR count). The number of nitrogens with one attached hydrogen (secondary N) is 2. The van der Waals surface area contributed by atoms with Gasteiger partial charge in [-0.25, -0.2) is 0 Å². The van der Waals surface area contributed by atoms with Crippen LogP contribution in [0, 0.1) is 0 Å². The molecule has 0 radical (unpaired) electrons. The first-order valence-corrected chi connectivity index (χ1v) is 7.44. The summed E-state index contributed by atoms with van der Waals surface area (Å²) in [6.07, 6.45) is 2.55. The van der Waals surface area contributed by atoms with Crippen molar-refractivity contribution in [3.8, 4) is 5.75 Å². The van der Waals surface area contributed by atoms with Gasteiger partial charge in [0.1, 0.15) is 5.75 Å². The Bertz CT molecular complexity index is 552. The maximum Gasteiger partial charge on any atom is 0.253 e. The van der Waals surface area contributed by atoms with Gasteiger partial charge in [-0.1, -0.05) is 0 Å². The van der Waals surface area contributed by atoms with E-state index >= 15 is 0 Å². The van der Waals surface area contributed by atoms with E-state index in [1.807, 2.05) is 0 Å². The molecular formula is C16H23N3O3. The molecule has 0 spiro atoms. The van der Waals surface area contributed by atoms with E-state index in [1.165, 1.54) is 12.0 Å². The topological polar surface area (TPSA) is 70.7 Å². The van der Waals surface area contributed by atoms with Gasteiger partial charge >= 0.3 is 0 Å². The molecule has 6 heteroatoms. The van der Waals surface area contributed by atoms with Gasteiger partial charge in [-0.2, -0.15) is 0 Å². The van der Waals surface area contributed by atoms with Gasteiger partial charge in [-0.15, -0.1) is 0 Å². The molecule has 0 bridgehead atoms. The number of benzene rings is 1. The van der Waals surface area contributed by atoms with Gasteiger partial charge in [-0.05, 0) is 37.6 Å². The second kappa shape index (κ2) is 7.26. The van der Waals surface area contributed by atoms with Crippen LogP contribution in [0.3, 0.4) is 0 Å². The quantitative estimate of drug-likeness (QED) is 0.864. The van der Waals surface area contributed by atoms with E-state index in [0.717, 1.165) is 19.4 Å². The summed E-state index contributed by atoms with van der Waals surface area (Å²) in [5.74, 6) is 0.353. The fourth-order valence-corrected chi connectivity index (χ4v) is 2.55. The van der Waals surface area contributed by atoms with Crippen molar-refractivity contribution in [2.75, 3.05) is 33.1 Å². The molecule has 1 aromatic carbocycles. The minimum absolute atomic E-state index is 0.0767. The summed E-state index contributed by atoms with van der Waals surface area (Å²) in [4.78, 5) is 25.7. The Morgan fingerprint density at radius 1 is 1.41 bits per heavy atom. The fourth-order valence-electron chi connectivity index (χ4n) is 2.55. The summed E-state index contributed by atoms with van der Waals surface area (Å²) in [5, 5.41) is 6.14. The molecule has 1 heterocycles. The van der Waals surface area contributed by atoms with Crippen LogP contribution in [0.15, 0.2) is 18.2 Å². The molecule has 1 aliphatic rings. The van der Waals surface area contributed by atoms with Crippen molar-refractivity contribution in [3.05, 3.63) is 23.8 Å². The van der Waals surface area contributed by atoms with Gasteiger partial charge in [0.05, 0.1) is 12.8 Å². The zero-order chi connectivity index (χ0) is 16.1. The van der Waals surface area contributed by atoms with Crippen LogP contribution < -0.4 is 15.4 Å². The lowest BCUT2D eigenvalue weighted by Gasteiger charge is -2.15. The summed E-state index contributed by atoms with van der Waals surface area (Å²) in [5.41, 5.74) is 1.04. The largest absolute Gasteiger partial charge is 0.495 e. The zero-order valence-corrected chi connectivity index (χ0v) is 13.3. The first-order chi connectivity index (χ1) is 10.5. The lowest BCUT2D eigenvalue weighted by Crippen LogP contribution is -2.27. The average molecular weight is 305 g/mol. The van der Waals surface area contributed by atoms with Crippen LogP contribution in [0.25, 0.3) is 0 Å². The van der Waals surface area contributed by atoms with E-state index in [4.69, 9.17) is 4.74 Å². The molecule has 1 atom stereocenters. The third kappa shape index (κ3) is 3.98. The predicted molar refractivity (Wildman–Crippen MR) is 85.3 cm³/mol. The molecule has 1 fully saturated rings. The van der Waals surface area contributed by atoms with Crippen LogP contribution in [0.1, 0.15) is 29.6 Å². The van der Waals surface area contributed by atoms with Crippen LogP contribution in [-0.4, -0.2) is 50.5 Å². The molecule has 2 N–H and O–H groups in total. The molecule has 2 amide bonds. The summed E-state index contributed by atoms with van der Waals surface area (Å²) in [6.45, 7) is 0.966. The van der Waals surface area contributed by atoms with Crippen LogP contribution >= 0.6 is 0 Å². The fraction of sp³-hybridized carbons (Fsp3) is 0.500. The van der Waals surface area contributed by atoms with Crippen molar-refractivity contribution >= 4 is 17.5 Å². The molecule has 6 nitrogen and oxygen atoms in total. The van der Waals surface area contributed by atoms with Crippen molar-refractivity contribution in [3.63, 3.8) is 0 Å². The number of ether oxygens (including phenoxy) is 1. The lowest BCUT2D eigenvalue weighted by atomic mass is 10.1. The molecule has 1 aromatic rings. The summed E-state index contributed by atoms with van der Waals surface area (Å²) in [6, 6.07) is 5.27. The molecule has 22 heavy (non-hydrogen) atoms. The van der Waals surface area contributed by atoms with Crippen LogP contribution in [-0.2, 0) is 4.79 Å². The molecule has 1 aliphatic heterocycles. The molecule has 1 unspecified atom stereocenters. The van der Waals surface area contributed by atoms with Gasteiger partial charge in [0.15, 0.2) is 0 Å². The average Bonchev–Trinajstić information content (AvgIpc) is 2.99. The van der Waals surface area contributed by atoms with Crippen molar-refractivity contribution in [1.29, 1.82) is 0 Å². The lowest BCUT2D eigenvalue weighted by molar-refractivity contribution is -0.116. The molecule has 0 aromatic heterocycles. The van der Waals surface area contributed by atoms with Crippen molar-refractivity contribution in [2.24, 2.45) is 0 Å². The Labute approximate surface area is 130 Å². The monoisotopic (exact) mass is 305 g/mol. The second-order valence-electron chi connectivity index (χ2n) is 5.66. The van der Waals surface area contributed by atoms with Crippen LogP contribution in [0.4, 0.5) is 5.69 Å². The Balaban J connectivity index is 2.11. The number of hydrogen-bond acceptors (Lipinski definition) is 4. The van der Waals surface area contributed by atoms with Gasteiger partial charge in [0.2, 0.25) is 5.91 Å². The molecular weight excluding hydrogens is 282 g/mol. The van der Waals surface area contributed by atoms with Crippen LogP contribution in [0.5, 0.6) is 5.75 Å². The highest BCUT2D eigenvalue weighted by molar-refractivity contribution is 5.98. The highest BCUT2D eigenvalue weighted by Crippen LogP contribution is 2.26. The molecule has 1 saturated heterocycles. The number of amides is 2. The number of rotatable bonds is 5. The smallest absolute Gasteiger partial charge is 0.253 e. The van der Waals surface area contributed by atoms with Crippen LogP contribution in [0.2, 0.25) is 0 Å². The van der Waals surface area contributed by atoms with Gasteiger partial charge in [0, 0.05) is 32.1 Å². The van der Waals surface area contributed by atoms with E-state index in [-0.39, 0.29) is 17.9 Å². The van der Waals surface area contributed by atoms with Crippen molar-refractivity contribution in [2.45, 2.75) is 25.3 Å². The molecule has 120 valence electrons. The van der Waals surface area contributed by atoms with Gasteiger partial charge in [0.25, 0.3) is 5.91 Å². The number of nitrogens with zero attached hydrogens (tertiary/aromatic N) is 1. The van der Waals surface area contributed by atoms with E-state index < -0.39 is 0 Å². The standard InChI is InChI=1S/C16H23N3O3/c1-19(2)16(21)11-6-7-14(22-3)13(9-11)18-15(20)10-12-5-4-8-17-12/h6-7,9,12,17H,4-5,8,10H2,1-3H3,(H,18,20). The predicted octanol–water partition coefficient (Wildman–Crippen LogP) is 1.48. The minimum Gasteiger partial charge on any atom is -0.495 e. The number of carbonyl (C=O) groups excluding carboxylic acids is 2. The zero-order valence-electron chi connectivity index (χ0n) is 13.3. The van der Waals surface area contributed by atoms with Gasteiger partial charge in [-0.3, -0.25) is 9.59 Å². The highest BCUT2D eigenvalue weighted by Gasteiger charge is 2.19. The maximum atomic E-state index is 12.1. The first-order valence-electron chi connectivity index (χ1n) is 7.44. The SMILES string of the molecule is COc1ccc(C(=O)N(C)C)cc1NC(=O)CC1CCCN1. The van der Waals surface area contributed by atoms with E-state index in [0.29, 0.717) is 23.4 Å². The van der Waals surface area contributed by atoms with Crippen molar-refractivity contribution < 1.29 is 14.3 Å². The summed E-state index contributed by atoms with van der Waals surface area (Å²) in [7, 11) is 4.92. The minimum atomic E-state index is -0.115. The summed E-state index contributed by atoms with van der Waals surface area (Å²) < 4.78 is 5.26. The Morgan fingerprint density at radius 2 is 2.18 bits per heavy atom. The summed E-state index contributed by atoms with van der Waals surface area (Å²) >= 11 is 0. The number of methoxy groups -OCH3 is 1. The van der Waals surface area contributed by atoms with E-state index in [9.17, 15) is 9.59 Å². The van der Waals surface area contributed by atoms with E-state index in [2.05, 4.69) is 10.6 Å². The third-order valence-corrected chi connectivity index (χ3v) is 3.72.